The van der Waals surface area contributed by atoms with Crippen molar-refractivity contribution >= 4 is 0 Å². The summed E-state index contributed by atoms with van der Waals surface area (Å²) in [5.74, 6) is 1.92. The zero-order valence-electron chi connectivity index (χ0n) is 15.2. The van der Waals surface area contributed by atoms with Gasteiger partial charge in [0.2, 0.25) is 0 Å². The van der Waals surface area contributed by atoms with Crippen LogP contribution in [0.15, 0.2) is 24.3 Å². The molecule has 0 radical (unpaired) electrons. The molecule has 120 valence electrons. The molecule has 0 heterocycles. The number of hydrogen-bond acceptors (Lipinski definition) is 0. The van der Waals surface area contributed by atoms with Crippen molar-refractivity contribution in [2.75, 3.05) is 0 Å². The van der Waals surface area contributed by atoms with Crippen molar-refractivity contribution in [2.24, 2.45) is 11.8 Å². The van der Waals surface area contributed by atoms with Crippen LogP contribution in [0.4, 0.5) is 0 Å². The van der Waals surface area contributed by atoms with Gasteiger partial charge in [-0.05, 0) is 41.2 Å². The van der Waals surface area contributed by atoms with Crippen LogP contribution >= 0.6 is 0 Å². The second kappa shape index (κ2) is 8.61. The average Bonchev–Trinajstić information content (AvgIpc) is 2.48. The van der Waals surface area contributed by atoms with Crippen molar-refractivity contribution in [2.45, 2.75) is 85.5 Å². The molecule has 0 heteroatoms. The monoisotopic (exact) mass is 288 g/mol. The Morgan fingerprint density at radius 1 is 0.952 bits per heavy atom. The molecule has 21 heavy (non-hydrogen) atoms. The van der Waals surface area contributed by atoms with Crippen molar-refractivity contribution in [3.05, 3.63) is 35.4 Å². The van der Waals surface area contributed by atoms with E-state index in [1.165, 1.54) is 49.7 Å². The van der Waals surface area contributed by atoms with Crippen molar-refractivity contribution < 1.29 is 0 Å². The Hall–Kier alpha value is -0.780. The summed E-state index contributed by atoms with van der Waals surface area (Å²) in [5.41, 5.74) is 3.24. The first-order valence-corrected chi connectivity index (χ1v) is 9.06. The van der Waals surface area contributed by atoms with Gasteiger partial charge in [-0.1, -0.05) is 91.5 Å². The van der Waals surface area contributed by atoms with Crippen molar-refractivity contribution in [3.63, 3.8) is 0 Å². The maximum absolute atomic E-state index is 2.45. The molecule has 0 nitrogen and oxygen atoms in total. The molecule has 1 aliphatic rings. The van der Waals surface area contributed by atoms with E-state index in [9.17, 15) is 0 Å². The Kier molecular flexibility index (Phi) is 7.49. The van der Waals surface area contributed by atoms with Gasteiger partial charge >= 0.3 is 0 Å². The van der Waals surface area contributed by atoms with Crippen LogP contribution in [0.25, 0.3) is 0 Å². The van der Waals surface area contributed by atoms with E-state index in [1.54, 1.807) is 0 Å². The van der Waals surface area contributed by atoms with E-state index in [2.05, 4.69) is 52.0 Å². The third kappa shape index (κ3) is 5.85. The molecule has 0 bridgehead atoms. The van der Waals surface area contributed by atoms with Crippen LogP contribution in [0.5, 0.6) is 0 Å². The molecule has 0 spiro atoms. The van der Waals surface area contributed by atoms with Gasteiger partial charge in [0, 0.05) is 0 Å². The summed E-state index contributed by atoms with van der Waals surface area (Å²) in [6, 6.07) is 9.32. The Morgan fingerprint density at radius 2 is 1.52 bits per heavy atom. The molecule has 1 aliphatic carbocycles. The minimum Gasteiger partial charge on any atom is -0.0683 e. The molecule has 0 amide bonds. The van der Waals surface area contributed by atoms with Gasteiger partial charge in [-0.15, -0.1) is 0 Å². The molecule has 1 saturated carbocycles. The van der Waals surface area contributed by atoms with Crippen LogP contribution in [0, 0.1) is 11.8 Å². The first-order valence-electron chi connectivity index (χ1n) is 9.06. The average molecular weight is 289 g/mol. The second-order valence-corrected chi connectivity index (χ2v) is 7.51. The molecule has 1 fully saturated rings. The predicted molar refractivity (Wildman–Crippen MR) is 95.9 cm³/mol. The zero-order chi connectivity index (χ0) is 15.9. The largest absolute Gasteiger partial charge is 0.0683 e. The number of aryl methyl sites for hydroxylation is 1. The van der Waals surface area contributed by atoms with Gasteiger partial charge in [-0.2, -0.15) is 0 Å². The molecule has 1 aromatic rings. The first-order chi connectivity index (χ1) is 9.97. The molecule has 0 aliphatic heterocycles. The summed E-state index contributed by atoms with van der Waals surface area (Å²) in [6.07, 6.45) is 8.47. The van der Waals surface area contributed by atoms with Gasteiger partial charge < -0.3 is 0 Å². The molecule has 2 atom stereocenters. The van der Waals surface area contributed by atoms with E-state index in [4.69, 9.17) is 0 Å². The molecule has 1 aromatic carbocycles. The van der Waals surface area contributed by atoms with Crippen LogP contribution in [0.3, 0.4) is 0 Å². The normalized spacial score (nSPS) is 22.4. The summed E-state index contributed by atoms with van der Waals surface area (Å²) >= 11 is 0. The van der Waals surface area contributed by atoms with E-state index < -0.39 is 0 Å². The van der Waals surface area contributed by atoms with Crippen molar-refractivity contribution in [3.8, 4) is 0 Å². The van der Waals surface area contributed by atoms with E-state index in [1.807, 2.05) is 13.8 Å². The van der Waals surface area contributed by atoms with Crippen LogP contribution in [-0.4, -0.2) is 0 Å². The lowest BCUT2D eigenvalue weighted by atomic mass is 9.77. The first kappa shape index (κ1) is 18.3. The van der Waals surface area contributed by atoms with Crippen molar-refractivity contribution in [1.82, 2.24) is 0 Å². The Bertz CT molecular complexity index is 379. The topological polar surface area (TPSA) is 0 Å². The number of hydrogen-bond donors (Lipinski definition) is 0. The SMILES string of the molecule is CC.CC1CCCCC1CCc1ccc(C(C)(C)C)cc1. The third-order valence-electron chi connectivity index (χ3n) is 4.91. The highest BCUT2D eigenvalue weighted by molar-refractivity contribution is 5.27. The van der Waals surface area contributed by atoms with Gasteiger partial charge in [0.25, 0.3) is 0 Å². The Labute approximate surface area is 133 Å². The van der Waals surface area contributed by atoms with Crippen molar-refractivity contribution in [1.29, 1.82) is 0 Å². The molecular formula is C21H36. The molecular weight excluding hydrogens is 252 g/mol. The summed E-state index contributed by atoms with van der Waals surface area (Å²) in [5, 5.41) is 0. The highest BCUT2D eigenvalue weighted by Gasteiger charge is 2.20. The minimum atomic E-state index is 0.274. The van der Waals surface area contributed by atoms with Crippen LogP contribution in [0.2, 0.25) is 0 Å². The molecule has 0 saturated heterocycles. The summed E-state index contributed by atoms with van der Waals surface area (Å²) in [7, 11) is 0. The van der Waals surface area contributed by atoms with E-state index >= 15 is 0 Å². The van der Waals surface area contributed by atoms with Crippen LogP contribution in [0.1, 0.15) is 84.8 Å². The molecule has 2 unspecified atom stereocenters. The lowest BCUT2D eigenvalue weighted by Gasteiger charge is -2.28. The Balaban J connectivity index is 0.00000106. The molecule has 0 N–H and O–H groups in total. The fourth-order valence-corrected chi connectivity index (χ4v) is 3.35. The number of benzene rings is 1. The van der Waals surface area contributed by atoms with Gasteiger partial charge in [-0.25, -0.2) is 0 Å². The number of rotatable bonds is 3. The lowest BCUT2D eigenvalue weighted by molar-refractivity contribution is 0.242. The fourth-order valence-electron chi connectivity index (χ4n) is 3.35. The van der Waals surface area contributed by atoms with Gasteiger partial charge in [0.05, 0.1) is 0 Å². The second-order valence-electron chi connectivity index (χ2n) is 7.51. The molecule has 0 aromatic heterocycles. The van der Waals surface area contributed by atoms with E-state index in [0.717, 1.165) is 11.8 Å². The zero-order valence-corrected chi connectivity index (χ0v) is 15.2. The maximum atomic E-state index is 2.45. The van der Waals surface area contributed by atoms with Gasteiger partial charge in [0.1, 0.15) is 0 Å². The maximum Gasteiger partial charge on any atom is -0.0132 e. The highest BCUT2D eigenvalue weighted by atomic mass is 14.3. The van der Waals surface area contributed by atoms with Gasteiger partial charge in [0.15, 0.2) is 0 Å². The predicted octanol–water partition coefficient (Wildman–Crippen LogP) is 6.77. The minimum absolute atomic E-state index is 0.274. The van der Waals surface area contributed by atoms with Crippen LogP contribution in [-0.2, 0) is 11.8 Å². The van der Waals surface area contributed by atoms with E-state index in [-0.39, 0.29) is 5.41 Å². The highest BCUT2D eigenvalue weighted by Crippen LogP contribution is 2.33. The summed E-state index contributed by atoms with van der Waals surface area (Å²) < 4.78 is 0. The molecule has 2 rings (SSSR count). The summed E-state index contributed by atoms with van der Waals surface area (Å²) in [6.45, 7) is 13.3. The van der Waals surface area contributed by atoms with E-state index in [0.29, 0.717) is 0 Å². The third-order valence-corrected chi connectivity index (χ3v) is 4.91. The fraction of sp³-hybridized carbons (Fsp3) is 0.714. The quantitative estimate of drug-likeness (QED) is 0.575. The Morgan fingerprint density at radius 3 is 2.05 bits per heavy atom. The smallest absolute Gasteiger partial charge is 0.0132 e. The standard InChI is InChI=1S/C19H30.C2H6/c1-15-7-5-6-8-17(15)12-9-16-10-13-18(14-11-16)19(2,3)4;1-2/h10-11,13-15,17H,5-9,12H2,1-4H3;1-2H3. The summed E-state index contributed by atoms with van der Waals surface area (Å²) in [4.78, 5) is 0. The van der Waals surface area contributed by atoms with Crippen LogP contribution < -0.4 is 0 Å². The lowest BCUT2D eigenvalue weighted by Crippen LogP contribution is -2.17. The van der Waals surface area contributed by atoms with Gasteiger partial charge in [-0.3, -0.25) is 0 Å².